The maximum absolute atomic E-state index is 12.5. The van der Waals surface area contributed by atoms with Crippen LogP contribution in [0.2, 0.25) is 0 Å². The zero-order valence-electron chi connectivity index (χ0n) is 13.6. The number of benzene rings is 1. The van der Waals surface area contributed by atoms with E-state index in [0.717, 1.165) is 5.56 Å². The average Bonchev–Trinajstić information content (AvgIpc) is 2.46. The number of alkyl carbamates (subject to hydrolysis) is 1. The van der Waals surface area contributed by atoms with Crippen LogP contribution in [0, 0.1) is 0 Å². The number of amides is 2. The van der Waals surface area contributed by atoms with Crippen molar-refractivity contribution in [2.75, 3.05) is 12.2 Å². The van der Waals surface area contributed by atoms with E-state index >= 15 is 0 Å². The van der Waals surface area contributed by atoms with Crippen molar-refractivity contribution in [1.82, 2.24) is 5.32 Å². The number of nitrogens with zero attached hydrogens (tertiary/aromatic N) is 1. The fourth-order valence-electron chi connectivity index (χ4n) is 2.30. The summed E-state index contributed by atoms with van der Waals surface area (Å²) in [6.45, 7) is 5.30. The van der Waals surface area contributed by atoms with Crippen molar-refractivity contribution in [1.29, 1.82) is 0 Å². The number of ether oxygens (including phenoxy) is 1. The summed E-state index contributed by atoms with van der Waals surface area (Å²) in [6, 6.07) is 4.74. The number of rotatable bonds is 3. The molecule has 1 heterocycles. The molecule has 0 fully saturated rings. The van der Waals surface area contributed by atoms with E-state index in [1.165, 1.54) is 12.2 Å². The summed E-state index contributed by atoms with van der Waals surface area (Å²) in [5.41, 5.74) is 0.898. The monoisotopic (exact) mass is 512 g/mol. The van der Waals surface area contributed by atoms with Gasteiger partial charge in [-0.25, -0.2) is 0 Å². The molecular weight excluding hydrogens is 493 g/mol. The number of fused-ring (bicyclic) bond motifs is 1. The molecule has 1 aliphatic heterocycles. The molecule has 122 valence electrons. The molecule has 2 rings (SSSR count). The van der Waals surface area contributed by atoms with Gasteiger partial charge in [-0.1, -0.05) is 0 Å². The van der Waals surface area contributed by atoms with Crippen molar-refractivity contribution in [2.45, 2.75) is 38.8 Å². The zero-order chi connectivity index (χ0) is 17.2. The van der Waals surface area contributed by atoms with E-state index in [1.807, 2.05) is 12.1 Å². The Morgan fingerprint density at radius 2 is 2.09 bits per heavy atom. The zero-order valence-corrected chi connectivity index (χ0v) is 18.1. The Balaban J connectivity index is 2.21. The summed E-state index contributed by atoms with van der Waals surface area (Å²) in [7, 11) is 1.41. The van der Waals surface area contributed by atoms with Crippen LogP contribution in [0.4, 0.5) is 10.5 Å². The summed E-state index contributed by atoms with van der Waals surface area (Å²) < 4.78 is 10.5. The Labute approximate surface area is 151 Å². The molecule has 8 heteroatoms. The fraction of sp³-hybridized carbons (Fsp3) is 0.467. The van der Waals surface area contributed by atoms with Crippen LogP contribution < -0.4 is 13.1 Å². The third-order valence-corrected chi connectivity index (χ3v) is 4.27. The topological polar surface area (TPSA) is 77.1 Å². The van der Waals surface area contributed by atoms with E-state index in [-0.39, 0.29) is 5.91 Å². The third-order valence-electron chi connectivity index (χ3n) is 3.21. The van der Waals surface area contributed by atoms with E-state index in [1.54, 1.807) is 26.8 Å². The van der Waals surface area contributed by atoms with E-state index < -0.39 is 17.7 Å². The summed E-state index contributed by atoms with van der Waals surface area (Å²) >= 11 is 0.356. The van der Waals surface area contributed by atoms with E-state index in [0.29, 0.717) is 44.1 Å². The number of nitrogens with one attached hydrogen (secondary N) is 1. The first-order valence-corrected chi connectivity index (χ1v) is 8.95. The van der Waals surface area contributed by atoms with Crippen LogP contribution in [0.1, 0.15) is 26.3 Å². The van der Waals surface area contributed by atoms with Crippen molar-refractivity contribution in [3.8, 4) is 5.75 Å². The Bertz CT molecular complexity index is 614. The predicted molar refractivity (Wildman–Crippen MR) is 84.2 cm³/mol. The molecule has 0 bridgehead atoms. The Morgan fingerprint density at radius 1 is 1.39 bits per heavy atom. The first kappa shape index (κ1) is 18.0. The second kappa shape index (κ2) is 7.04. The fourth-order valence-corrected chi connectivity index (χ4v) is 2.87. The first-order valence-electron chi connectivity index (χ1n) is 7.12. The molecule has 0 saturated carbocycles. The molecule has 7 nitrogen and oxygen atoms in total. The van der Waals surface area contributed by atoms with Crippen LogP contribution in [0.5, 0.6) is 5.75 Å². The second-order valence-corrected chi connectivity index (χ2v) is 7.04. The predicted octanol–water partition coefficient (Wildman–Crippen LogP) is 1.49. The number of carbonyl (C=O) groups excluding carboxylic acids is 2. The van der Waals surface area contributed by atoms with Gasteiger partial charge in [0.05, 0.1) is 0 Å². The van der Waals surface area contributed by atoms with Gasteiger partial charge in [0, 0.05) is 0 Å². The van der Waals surface area contributed by atoms with Gasteiger partial charge in [0.25, 0.3) is 0 Å². The third kappa shape index (κ3) is 4.34. The van der Waals surface area contributed by atoms with Crippen molar-refractivity contribution in [2.24, 2.45) is 0 Å². The van der Waals surface area contributed by atoms with Crippen LogP contribution in [0.3, 0.4) is 0 Å². The molecule has 2 amide bonds. The minimum absolute atomic E-state index is 0.348. The standard InChI is InChI=1S/C15H20N2O5.Tl/c1-15(2,3)22-14(20)16-11-7-9-5-6-10(18)8-12(9)17(21-4)13(11)19;/h5-6,8,11,18H,7H2,1-4H3,(H,16,20);/q;+1/p-1. The molecule has 1 aliphatic rings. The summed E-state index contributed by atoms with van der Waals surface area (Å²) in [5.74, 6) is 0.348. The van der Waals surface area contributed by atoms with Gasteiger partial charge in [-0.15, -0.1) is 0 Å². The first-order chi connectivity index (χ1) is 10.7. The summed E-state index contributed by atoms with van der Waals surface area (Å²) in [4.78, 5) is 29.6. The molecular formula is C15H19N2O5Tl. The Morgan fingerprint density at radius 3 is 2.65 bits per heavy atom. The molecule has 23 heavy (non-hydrogen) atoms. The molecule has 0 aliphatic carbocycles. The van der Waals surface area contributed by atoms with Crippen LogP contribution in [0.15, 0.2) is 18.2 Å². The van der Waals surface area contributed by atoms with Gasteiger partial charge in [0.2, 0.25) is 0 Å². The van der Waals surface area contributed by atoms with Gasteiger partial charge in [-0.2, -0.15) is 0 Å². The van der Waals surface area contributed by atoms with Crippen molar-refractivity contribution < 1.29 is 21.9 Å². The van der Waals surface area contributed by atoms with Gasteiger partial charge < -0.3 is 0 Å². The van der Waals surface area contributed by atoms with Crippen molar-refractivity contribution in [3.05, 3.63) is 23.8 Å². The normalized spacial score (nSPS) is 17.4. The SMILES string of the molecule is CON1C(=O)C(NC(=O)OC(C)(C)C)Cc2ccc([O][Tl])cc21. The molecule has 0 aromatic heterocycles. The molecule has 0 spiro atoms. The second-order valence-electron chi connectivity index (χ2n) is 6.13. The Kier molecular flexibility index (Phi) is 5.50. The maximum atomic E-state index is 12.5. The van der Waals surface area contributed by atoms with Crippen LogP contribution in [-0.4, -0.2) is 57.0 Å². The van der Waals surface area contributed by atoms with Crippen LogP contribution in [-0.2, 0) is 20.8 Å². The molecule has 1 atom stereocenters. The van der Waals surface area contributed by atoms with Gasteiger partial charge in [-0.05, 0) is 0 Å². The quantitative estimate of drug-likeness (QED) is 0.623. The van der Waals surface area contributed by atoms with Gasteiger partial charge in [0.1, 0.15) is 0 Å². The van der Waals surface area contributed by atoms with E-state index in [4.69, 9.17) is 12.3 Å². The van der Waals surface area contributed by atoms with Crippen LogP contribution in [0.25, 0.3) is 0 Å². The number of anilines is 1. The molecule has 1 aromatic rings. The molecule has 1 aromatic carbocycles. The number of carbonyl (C=O) groups is 2. The Hall–Kier alpha value is -1.36. The van der Waals surface area contributed by atoms with E-state index in [2.05, 4.69) is 5.32 Å². The average molecular weight is 512 g/mol. The van der Waals surface area contributed by atoms with Crippen LogP contribution >= 0.6 is 0 Å². The van der Waals surface area contributed by atoms with E-state index in [9.17, 15) is 9.59 Å². The molecule has 0 saturated heterocycles. The van der Waals surface area contributed by atoms with Crippen molar-refractivity contribution >= 4 is 43.9 Å². The molecule has 1 N–H and O–H groups in total. The molecule has 1 unspecified atom stereocenters. The summed E-state index contributed by atoms with van der Waals surface area (Å²) in [6.07, 6.45) is -0.257. The number of hydrogen-bond donors (Lipinski definition) is 1. The number of hydrogen-bond acceptors (Lipinski definition) is 5. The van der Waals surface area contributed by atoms with Gasteiger partial charge >= 0.3 is 152 Å². The number of hydroxylamine groups is 1. The van der Waals surface area contributed by atoms with Crippen molar-refractivity contribution in [3.63, 3.8) is 0 Å². The minimum atomic E-state index is -0.734. The molecule has 0 radical (unpaired) electrons. The van der Waals surface area contributed by atoms with Gasteiger partial charge in [0.15, 0.2) is 0 Å². The summed E-state index contributed by atoms with van der Waals surface area (Å²) in [5, 5.41) is 3.78. The van der Waals surface area contributed by atoms with Gasteiger partial charge in [-0.3, -0.25) is 0 Å².